The van der Waals surface area contributed by atoms with Crippen LogP contribution in [0, 0.1) is 0 Å². The first kappa shape index (κ1) is 16.4. The van der Waals surface area contributed by atoms with Crippen LogP contribution in [-0.4, -0.2) is 33.3 Å². The lowest BCUT2D eigenvalue weighted by molar-refractivity contribution is -0.119. The zero-order chi connectivity index (χ0) is 16.8. The Bertz CT molecular complexity index is 840. The molecule has 0 aliphatic carbocycles. The van der Waals surface area contributed by atoms with E-state index in [1.165, 1.54) is 0 Å². The third-order valence-corrected chi connectivity index (χ3v) is 2.99. The molecule has 2 rings (SSSR count). The van der Waals surface area contributed by atoms with Crippen LogP contribution in [0.1, 0.15) is 12.5 Å². The number of hydrogen-bond donors (Lipinski definition) is 4. The Hall–Kier alpha value is -2.94. The monoisotopic (exact) mass is 336 g/mol. The highest BCUT2D eigenvalue weighted by molar-refractivity contribution is 6.30. The molecule has 0 aliphatic heterocycles. The highest BCUT2D eigenvalue weighted by atomic mass is 35.5. The summed E-state index contributed by atoms with van der Waals surface area (Å²) in [5.41, 5.74) is 2.29. The highest BCUT2D eigenvalue weighted by Crippen LogP contribution is 2.09. The zero-order valence-corrected chi connectivity index (χ0v) is 12.8. The van der Waals surface area contributed by atoms with E-state index < -0.39 is 17.2 Å². The number of rotatable bonds is 5. The van der Waals surface area contributed by atoms with Crippen molar-refractivity contribution in [2.75, 3.05) is 11.9 Å². The van der Waals surface area contributed by atoms with Gasteiger partial charge in [-0.2, -0.15) is 5.10 Å². The molecule has 0 spiro atoms. The van der Waals surface area contributed by atoms with Gasteiger partial charge in [-0.3, -0.25) is 14.6 Å². The summed E-state index contributed by atoms with van der Waals surface area (Å²) < 4.78 is 0. The molecule has 0 unspecified atom stereocenters. The number of H-pyrrole nitrogens is 2. The summed E-state index contributed by atoms with van der Waals surface area (Å²) in [5, 5.41) is 12.6. The standard InChI is InChI=1S/C13H13ClN6O3/c1-7(8-2-4-9(14)5-3-8)17-18-10(21)6-15-11-12(22)16-13(23)20-19-11/h2-5H,6H2,1H3,(H,15,19)(H,18,21)(H2,16,20,22,23)/b17-7+. The van der Waals surface area contributed by atoms with Crippen LogP contribution in [0.5, 0.6) is 0 Å². The van der Waals surface area contributed by atoms with Gasteiger partial charge in [-0.15, -0.1) is 5.10 Å². The number of halogens is 1. The van der Waals surface area contributed by atoms with Gasteiger partial charge in [0.25, 0.3) is 11.5 Å². The van der Waals surface area contributed by atoms with E-state index in [9.17, 15) is 14.4 Å². The van der Waals surface area contributed by atoms with Gasteiger partial charge in [0.1, 0.15) is 0 Å². The van der Waals surface area contributed by atoms with E-state index in [2.05, 4.69) is 20.9 Å². The van der Waals surface area contributed by atoms with E-state index in [1.807, 2.05) is 10.1 Å². The van der Waals surface area contributed by atoms with Crippen molar-refractivity contribution in [3.63, 3.8) is 0 Å². The van der Waals surface area contributed by atoms with Gasteiger partial charge >= 0.3 is 5.69 Å². The first-order chi connectivity index (χ1) is 11.0. The number of hydrazone groups is 1. The third kappa shape index (κ3) is 4.78. The Balaban J connectivity index is 1.91. The summed E-state index contributed by atoms with van der Waals surface area (Å²) >= 11 is 5.79. The van der Waals surface area contributed by atoms with Gasteiger partial charge < -0.3 is 5.32 Å². The minimum Gasteiger partial charge on any atom is -0.355 e. The molecule has 1 amide bonds. The molecule has 0 fully saturated rings. The van der Waals surface area contributed by atoms with Crippen molar-refractivity contribution < 1.29 is 4.79 Å². The molecular weight excluding hydrogens is 324 g/mol. The van der Waals surface area contributed by atoms with E-state index in [-0.39, 0.29) is 12.4 Å². The lowest BCUT2D eigenvalue weighted by atomic mass is 10.1. The van der Waals surface area contributed by atoms with E-state index in [0.717, 1.165) is 5.56 Å². The topological polar surface area (TPSA) is 132 Å². The number of carbonyl (C=O) groups excluding carboxylic acids is 1. The fourth-order valence-electron chi connectivity index (χ4n) is 1.57. The van der Waals surface area contributed by atoms with Gasteiger partial charge in [0.2, 0.25) is 5.82 Å². The summed E-state index contributed by atoms with van der Waals surface area (Å²) in [5.74, 6) is -0.649. The maximum atomic E-state index is 11.7. The Kier molecular flexibility index (Phi) is 5.26. The van der Waals surface area contributed by atoms with Crippen LogP contribution in [0.15, 0.2) is 39.0 Å². The van der Waals surface area contributed by atoms with Crippen molar-refractivity contribution in [2.45, 2.75) is 6.92 Å². The molecule has 0 saturated carbocycles. The van der Waals surface area contributed by atoms with E-state index >= 15 is 0 Å². The van der Waals surface area contributed by atoms with Crippen molar-refractivity contribution in [1.82, 2.24) is 20.6 Å². The van der Waals surface area contributed by atoms with Crippen LogP contribution in [-0.2, 0) is 4.79 Å². The number of aromatic amines is 2. The molecule has 0 radical (unpaired) electrons. The van der Waals surface area contributed by atoms with Crippen LogP contribution >= 0.6 is 11.6 Å². The number of anilines is 1. The van der Waals surface area contributed by atoms with Crippen molar-refractivity contribution >= 4 is 29.0 Å². The highest BCUT2D eigenvalue weighted by Gasteiger charge is 2.05. The number of hydrogen-bond acceptors (Lipinski definition) is 6. The van der Waals surface area contributed by atoms with Crippen LogP contribution in [0.2, 0.25) is 5.02 Å². The largest absolute Gasteiger partial charge is 0.355 e. The number of amides is 1. The van der Waals surface area contributed by atoms with E-state index in [1.54, 1.807) is 31.2 Å². The Morgan fingerprint density at radius 2 is 2.00 bits per heavy atom. The van der Waals surface area contributed by atoms with Crippen molar-refractivity contribution in [1.29, 1.82) is 0 Å². The van der Waals surface area contributed by atoms with Crippen LogP contribution in [0.3, 0.4) is 0 Å². The van der Waals surface area contributed by atoms with Gasteiger partial charge in [0.15, 0.2) is 0 Å². The average Bonchev–Trinajstić information content (AvgIpc) is 2.52. The molecule has 1 heterocycles. The Morgan fingerprint density at radius 3 is 2.65 bits per heavy atom. The zero-order valence-electron chi connectivity index (χ0n) is 12.0. The minimum absolute atomic E-state index is 0.168. The fourth-order valence-corrected chi connectivity index (χ4v) is 1.70. The van der Waals surface area contributed by atoms with Gasteiger partial charge in [-0.05, 0) is 24.6 Å². The number of nitrogens with one attached hydrogen (secondary N) is 4. The maximum absolute atomic E-state index is 11.7. The molecule has 1 aromatic carbocycles. The molecule has 9 nitrogen and oxygen atoms in total. The molecule has 0 bridgehead atoms. The summed E-state index contributed by atoms with van der Waals surface area (Å²) in [6.07, 6.45) is 0. The second kappa shape index (κ2) is 7.36. The molecular formula is C13H13ClN6O3. The van der Waals surface area contributed by atoms with Gasteiger partial charge in [0, 0.05) is 5.02 Å². The SMILES string of the molecule is C/C(=N\NC(=O)CNc1n[nH]c(=O)[nH]c1=O)c1ccc(Cl)cc1. The van der Waals surface area contributed by atoms with E-state index in [0.29, 0.717) is 10.7 Å². The summed E-state index contributed by atoms with van der Waals surface area (Å²) in [6, 6.07) is 6.98. The summed E-state index contributed by atoms with van der Waals surface area (Å²) in [4.78, 5) is 35.8. The predicted octanol–water partition coefficient (Wildman–Crippen LogP) is 0.0639. The first-order valence-corrected chi connectivity index (χ1v) is 6.85. The molecule has 120 valence electrons. The first-order valence-electron chi connectivity index (χ1n) is 6.47. The second-order valence-electron chi connectivity index (χ2n) is 4.45. The van der Waals surface area contributed by atoms with Gasteiger partial charge in [-0.1, -0.05) is 23.7 Å². The fraction of sp³-hybridized carbons (Fsp3) is 0.154. The Morgan fingerprint density at radius 1 is 1.30 bits per heavy atom. The average molecular weight is 337 g/mol. The predicted molar refractivity (Wildman–Crippen MR) is 85.8 cm³/mol. The lowest BCUT2D eigenvalue weighted by Crippen LogP contribution is -2.32. The summed E-state index contributed by atoms with van der Waals surface area (Å²) in [7, 11) is 0. The molecule has 2 aromatic rings. The lowest BCUT2D eigenvalue weighted by Gasteiger charge is -2.04. The van der Waals surface area contributed by atoms with Crippen LogP contribution in [0.25, 0.3) is 0 Å². The number of aromatic nitrogens is 3. The molecule has 1 aromatic heterocycles. The molecule has 23 heavy (non-hydrogen) atoms. The maximum Gasteiger partial charge on any atom is 0.342 e. The Labute approximate surface area is 134 Å². The minimum atomic E-state index is -0.729. The quantitative estimate of drug-likeness (QED) is 0.453. The third-order valence-electron chi connectivity index (χ3n) is 2.74. The number of benzene rings is 1. The van der Waals surface area contributed by atoms with Crippen molar-refractivity contribution in [3.05, 3.63) is 55.7 Å². The van der Waals surface area contributed by atoms with Crippen LogP contribution < -0.4 is 22.0 Å². The normalized spacial score (nSPS) is 11.1. The van der Waals surface area contributed by atoms with Crippen molar-refractivity contribution in [3.8, 4) is 0 Å². The molecule has 10 heteroatoms. The molecule has 0 atom stereocenters. The second-order valence-corrected chi connectivity index (χ2v) is 4.88. The smallest absolute Gasteiger partial charge is 0.342 e. The van der Waals surface area contributed by atoms with Gasteiger partial charge in [-0.25, -0.2) is 15.3 Å². The number of nitrogens with zero attached hydrogens (tertiary/aromatic N) is 2. The number of carbonyl (C=O) groups is 1. The molecule has 4 N–H and O–H groups in total. The molecule has 0 saturated heterocycles. The van der Waals surface area contributed by atoms with Gasteiger partial charge in [0.05, 0.1) is 12.3 Å². The van der Waals surface area contributed by atoms with Crippen LogP contribution in [0.4, 0.5) is 5.82 Å². The molecule has 0 aliphatic rings. The van der Waals surface area contributed by atoms with E-state index in [4.69, 9.17) is 11.6 Å². The van der Waals surface area contributed by atoms with Crippen molar-refractivity contribution in [2.24, 2.45) is 5.10 Å². The summed E-state index contributed by atoms with van der Waals surface area (Å²) in [6.45, 7) is 1.49.